The van der Waals surface area contributed by atoms with Crippen LogP contribution in [-0.4, -0.2) is 9.97 Å². The number of benzene rings is 8. The van der Waals surface area contributed by atoms with Crippen LogP contribution in [0.3, 0.4) is 0 Å². The van der Waals surface area contributed by atoms with E-state index in [-0.39, 0.29) is 5.41 Å². The first-order valence-corrected chi connectivity index (χ1v) is 20.4. The third kappa shape index (κ3) is 4.82. The summed E-state index contributed by atoms with van der Waals surface area (Å²) in [5.41, 5.74) is 19.0. The molecule has 1 spiro atoms. The monoisotopic (exact) mass is 754 g/mol. The van der Waals surface area contributed by atoms with Gasteiger partial charge >= 0.3 is 0 Å². The Bertz CT molecular complexity index is 3130. The van der Waals surface area contributed by atoms with E-state index >= 15 is 0 Å². The molecule has 8 aromatic carbocycles. The molecule has 59 heavy (non-hydrogen) atoms. The van der Waals surface area contributed by atoms with Crippen LogP contribution in [0.25, 0.3) is 67.3 Å². The van der Waals surface area contributed by atoms with Crippen molar-refractivity contribution in [2.75, 3.05) is 0 Å². The summed E-state index contributed by atoms with van der Waals surface area (Å²) in [6.45, 7) is 4.65. The van der Waals surface area contributed by atoms with Gasteiger partial charge in [0, 0.05) is 38.8 Å². The number of nitrogens with zero attached hydrogens (tertiary/aromatic N) is 2. The maximum absolute atomic E-state index is 7.03. The molecule has 9 aromatic rings. The zero-order valence-corrected chi connectivity index (χ0v) is 32.8. The summed E-state index contributed by atoms with van der Waals surface area (Å²) in [6.07, 6.45) is 0. The Morgan fingerprint density at radius 3 is 1.59 bits per heavy atom. The average Bonchev–Trinajstić information content (AvgIpc) is 3.72. The minimum Gasteiger partial charge on any atom is -0.456 e. The molecule has 0 radical (unpaired) electrons. The topological polar surface area (TPSA) is 35.0 Å². The van der Waals surface area contributed by atoms with Crippen LogP contribution in [0.4, 0.5) is 0 Å². The van der Waals surface area contributed by atoms with Crippen LogP contribution in [0.15, 0.2) is 194 Å². The summed E-state index contributed by atoms with van der Waals surface area (Å²) in [4.78, 5) is 10.5. The fourth-order valence-corrected chi connectivity index (χ4v) is 10.3. The standard InChI is InChI=1S/C56H38N2O/c1-55(2)44-24-9-6-20-40(44)43-31-30-38(33-49(43)55)51-34-50(57-54(58-51)35-16-4-3-5-17-35)37-19-14-18-36(32-37)39-23-15-28-48-53(39)59-52-29-13-12-27-47(52)56(48)45-25-10-7-21-41(45)42-22-8-11-26-46(42)56/h3-34H,1-2H3. The van der Waals surface area contributed by atoms with Crippen LogP contribution in [0.5, 0.6) is 11.5 Å². The molecule has 278 valence electrons. The lowest BCUT2D eigenvalue weighted by molar-refractivity contribution is 0.438. The lowest BCUT2D eigenvalue weighted by Gasteiger charge is -2.40. The minimum absolute atomic E-state index is 0.118. The van der Waals surface area contributed by atoms with Gasteiger partial charge in [-0.2, -0.15) is 0 Å². The first-order valence-electron chi connectivity index (χ1n) is 20.4. The molecule has 3 nitrogen and oxygen atoms in total. The maximum atomic E-state index is 7.03. The molecule has 0 saturated heterocycles. The van der Waals surface area contributed by atoms with Crippen LogP contribution in [-0.2, 0) is 10.8 Å². The maximum Gasteiger partial charge on any atom is 0.160 e. The van der Waals surface area contributed by atoms with Gasteiger partial charge in [0.25, 0.3) is 0 Å². The normalized spacial score (nSPS) is 14.3. The van der Waals surface area contributed by atoms with Crippen LogP contribution >= 0.6 is 0 Å². The molecular weight excluding hydrogens is 717 g/mol. The number of fused-ring (bicyclic) bond motifs is 12. The summed E-state index contributed by atoms with van der Waals surface area (Å²) in [5, 5.41) is 0. The zero-order valence-electron chi connectivity index (χ0n) is 32.8. The van der Waals surface area contributed by atoms with Gasteiger partial charge < -0.3 is 4.74 Å². The smallest absolute Gasteiger partial charge is 0.160 e. The quantitative estimate of drug-likeness (QED) is 0.179. The lowest BCUT2D eigenvalue weighted by atomic mass is 9.65. The van der Waals surface area contributed by atoms with Crippen molar-refractivity contribution < 1.29 is 4.74 Å². The van der Waals surface area contributed by atoms with Crippen molar-refractivity contribution in [1.29, 1.82) is 0 Å². The molecule has 1 aliphatic heterocycles. The first kappa shape index (κ1) is 33.7. The van der Waals surface area contributed by atoms with E-state index in [1.165, 1.54) is 44.5 Å². The summed E-state index contributed by atoms with van der Waals surface area (Å²) in [5.74, 6) is 2.46. The summed E-state index contributed by atoms with van der Waals surface area (Å²) >= 11 is 0. The Balaban J connectivity index is 1.03. The van der Waals surface area contributed by atoms with E-state index in [0.29, 0.717) is 5.82 Å². The third-order valence-electron chi connectivity index (χ3n) is 13.0. The Kier molecular flexibility index (Phi) is 7.19. The fourth-order valence-electron chi connectivity index (χ4n) is 10.3. The lowest BCUT2D eigenvalue weighted by Crippen LogP contribution is -2.32. The summed E-state index contributed by atoms with van der Waals surface area (Å²) < 4.78 is 7.03. The van der Waals surface area contributed by atoms with Crippen molar-refractivity contribution in [3.63, 3.8) is 0 Å². The van der Waals surface area contributed by atoms with Gasteiger partial charge in [0.2, 0.25) is 0 Å². The molecule has 0 N–H and O–H groups in total. The molecular formula is C56H38N2O. The summed E-state index contributed by atoms with van der Waals surface area (Å²) in [7, 11) is 0. The molecule has 0 fully saturated rings. The second-order valence-electron chi connectivity index (χ2n) is 16.5. The highest BCUT2D eigenvalue weighted by atomic mass is 16.5. The molecule has 2 aliphatic carbocycles. The van der Waals surface area contributed by atoms with E-state index in [2.05, 4.69) is 190 Å². The molecule has 1 aromatic heterocycles. The van der Waals surface area contributed by atoms with Crippen molar-refractivity contribution in [2.24, 2.45) is 0 Å². The van der Waals surface area contributed by atoms with Gasteiger partial charge in [-0.3, -0.25) is 0 Å². The second-order valence-corrected chi connectivity index (χ2v) is 16.5. The highest BCUT2D eigenvalue weighted by Gasteiger charge is 2.51. The number of para-hydroxylation sites is 2. The fraction of sp³-hybridized carbons (Fsp3) is 0.0714. The minimum atomic E-state index is -0.525. The van der Waals surface area contributed by atoms with E-state index in [1.54, 1.807) is 0 Å². The van der Waals surface area contributed by atoms with Crippen LogP contribution in [0.2, 0.25) is 0 Å². The molecule has 0 amide bonds. The van der Waals surface area contributed by atoms with Gasteiger partial charge in [0.1, 0.15) is 11.5 Å². The van der Waals surface area contributed by atoms with Crippen molar-refractivity contribution in [3.05, 3.63) is 228 Å². The van der Waals surface area contributed by atoms with Gasteiger partial charge in [0.05, 0.1) is 16.8 Å². The molecule has 3 aliphatic rings. The van der Waals surface area contributed by atoms with E-state index < -0.39 is 5.41 Å². The third-order valence-corrected chi connectivity index (χ3v) is 13.0. The van der Waals surface area contributed by atoms with Crippen LogP contribution < -0.4 is 4.74 Å². The predicted molar refractivity (Wildman–Crippen MR) is 239 cm³/mol. The first-order chi connectivity index (χ1) is 29.0. The second kappa shape index (κ2) is 12.6. The van der Waals surface area contributed by atoms with Crippen molar-refractivity contribution >= 4 is 0 Å². The van der Waals surface area contributed by atoms with E-state index in [9.17, 15) is 0 Å². The number of ether oxygens (including phenoxy) is 1. The molecule has 0 bridgehead atoms. The van der Waals surface area contributed by atoms with Crippen molar-refractivity contribution in [2.45, 2.75) is 24.7 Å². The van der Waals surface area contributed by atoms with E-state index in [1.807, 2.05) is 18.2 Å². The molecule has 12 rings (SSSR count). The van der Waals surface area contributed by atoms with E-state index in [0.717, 1.165) is 61.8 Å². The Labute approximate surface area is 344 Å². The van der Waals surface area contributed by atoms with Gasteiger partial charge in [-0.05, 0) is 74.3 Å². The highest BCUT2D eigenvalue weighted by Crippen LogP contribution is 2.63. The Morgan fingerprint density at radius 2 is 0.864 bits per heavy atom. The molecule has 0 unspecified atom stereocenters. The zero-order chi connectivity index (χ0) is 39.3. The molecule has 2 heterocycles. The number of rotatable bonds is 4. The van der Waals surface area contributed by atoms with E-state index in [4.69, 9.17) is 14.7 Å². The molecule has 3 heteroatoms. The molecule has 0 saturated carbocycles. The van der Waals surface area contributed by atoms with Gasteiger partial charge in [-0.25, -0.2) is 9.97 Å². The van der Waals surface area contributed by atoms with Crippen molar-refractivity contribution in [3.8, 4) is 78.8 Å². The van der Waals surface area contributed by atoms with Crippen molar-refractivity contribution in [1.82, 2.24) is 9.97 Å². The number of aromatic nitrogens is 2. The SMILES string of the molecule is CC1(C)c2ccccc2-c2ccc(-c3cc(-c4cccc(-c5cccc6c5Oc5ccccc5C65c6ccccc6-c6ccccc65)c4)nc(-c4ccccc4)n3)cc21. The van der Waals surface area contributed by atoms with Crippen LogP contribution in [0.1, 0.15) is 47.2 Å². The predicted octanol–water partition coefficient (Wildman–Crippen LogP) is 13.9. The largest absolute Gasteiger partial charge is 0.456 e. The average molecular weight is 755 g/mol. The Morgan fingerprint density at radius 1 is 0.356 bits per heavy atom. The summed E-state index contributed by atoms with van der Waals surface area (Å²) in [6, 6.07) is 69.7. The highest BCUT2D eigenvalue weighted by molar-refractivity contribution is 5.91. The number of hydrogen-bond acceptors (Lipinski definition) is 3. The van der Waals surface area contributed by atoms with Gasteiger partial charge in [-0.1, -0.05) is 184 Å². The molecule has 0 atom stereocenters. The number of hydrogen-bond donors (Lipinski definition) is 0. The Hall–Kier alpha value is -7.36. The van der Waals surface area contributed by atoms with Gasteiger partial charge in [-0.15, -0.1) is 0 Å². The van der Waals surface area contributed by atoms with Crippen LogP contribution in [0, 0.1) is 0 Å². The van der Waals surface area contributed by atoms with Gasteiger partial charge in [0.15, 0.2) is 5.82 Å².